The van der Waals surface area contributed by atoms with E-state index >= 15 is 0 Å². The minimum atomic E-state index is -0.427. The first kappa shape index (κ1) is 17.9. The Labute approximate surface area is 152 Å². The van der Waals surface area contributed by atoms with Crippen molar-refractivity contribution in [3.05, 3.63) is 53.3 Å². The Kier molecular flexibility index (Phi) is 5.52. The lowest BCUT2D eigenvalue weighted by Crippen LogP contribution is -2.47. The Bertz CT molecular complexity index is 800. The molecule has 1 atom stereocenters. The van der Waals surface area contributed by atoms with Crippen molar-refractivity contribution >= 4 is 11.9 Å². The third-order valence-corrected chi connectivity index (χ3v) is 4.34. The first-order chi connectivity index (χ1) is 12.6. The summed E-state index contributed by atoms with van der Waals surface area (Å²) in [5.74, 6) is 0.371. The van der Waals surface area contributed by atoms with Gasteiger partial charge in [0.15, 0.2) is 5.96 Å². The summed E-state index contributed by atoms with van der Waals surface area (Å²) in [6.07, 6.45) is 3.77. The smallest absolute Gasteiger partial charge is 0.248 e. The molecule has 2 heterocycles. The molecule has 1 aromatic carbocycles. The predicted molar refractivity (Wildman–Crippen MR) is 98.6 cm³/mol. The number of nitrogens with zero attached hydrogens (tertiary/aromatic N) is 4. The second-order valence-corrected chi connectivity index (χ2v) is 6.22. The van der Waals surface area contributed by atoms with Gasteiger partial charge in [0, 0.05) is 44.5 Å². The van der Waals surface area contributed by atoms with Crippen molar-refractivity contribution in [1.29, 1.82) is 0 Å². The van der Waals surface area contributed by atoms with Gasteiger partial charge in [0.05, 0.1) is 19.3 Å². The van der Waals surface area contributed by atoms with Crippen LogP contribution in [-0.4, -0.2) is 53.3 Å². The maximum absolute atomic E-state index is 11.3. The van der Waals surface area contributed by atoms with E-state index in [0.29, 0.717) is 25.3 Å². The summed E-state index contributed by atoms with van der Waals surface area (Å²) in [6.45, 7) is 2.64. The normalized spacial score (nSPS) is 18.0. The molecule has 2 aromatic rings. The van der Waals surface area contributed by atoms with Crippen molar-refractivity contribution in [2.75, 3.05) is 26.7 Å². The fraction of sp³-hybridized carbons (Fsp3) is 0.389. The molecule has 1 aromatic heterocycles. The first-order valence-electron chi connectivity index (χ1n) is 8.51. The van der Waals surface area contributed by atoms with E-state index in [9.17, 15) is 4.79 Å². The van der Waals surface area contributed by atoms with E-state index in [0.717, 1.165) is 23.6 Å². The highest BCUT2D eigenvalue weighted by Gasteiger charge is 2.25. The second kappa shape index (κ2) is 8.01. The lowest BCUT2D eigenvalue weighted by molar-refractivity contribution is -0.00805. The third kappa shape index (κ3) is 4.20. The molecule has 0 radical (unpaired) electrons. The van der Waals surface area contributed by atoms with Crippen LogP contribution in [0.3, 0.4) is 0 Å². The van der Waals surface area contributed by atoms with Gasteiger partial charge in [-0.15, -0.1) is 0 Å². The SMILES string of the molecule is CN=C(NCc1cccc(C(N)=O)c1)N1CCOC(c2cnn(C)c2)C1. The van der Waals surface area contributed by atoms with Gasteiger partial charge in [-0.2, -0.15) is 5.10 Å². The molecule has 0 saturated carbocycles. The molecule has 3 N–H and O–H groups in total. The molecule has 0 aliphatic carbocycles. The summed E-state index contributed by atoms with van der Waals surface area (Å²) < 4.78 is 7.65. The minimum Gasteiger partial charge on any atom is -0.370 e. The minimum absolute atomic E-state index is 0.0332. The number of ether oxygens (including phenoxy) is 1. The van der Waals surface area contributed by atoms with Crippen molar-refractivity contribution in [3.63, 3.8) is 0 Å². The summed E-state index contributed by atoms with van der Waals surface area (Å²) in [7, 11) is 3.65. The number of primary amides is 1. The summed E-state index contributed by atoms with van der Waals surface area (Å²) in [5, 5.41) is 7.56. The van der Waals surface area contributed by atoms with Crippen molar-refractivity contribution in [2.24, 2.45) is 17.8 Å². The third-order valence-electron chi connectivity index (χ3n) is 4.34. The summed E-state index contributed by atoms with van der Waals surface area (Å²) in [5.41, 5.74) is 7.87. The number of morpholine rings is 1. The van der Waals surface area contributed by atoms with Crippen LogP contribution in [0.1, 0.15) is 27.6 Å². The average Bonchev–Trinajstić information content (AvgIpc) is 3.09. The van der Waals surface area contributed by atoms with Gasteiger partial charge >= 0.3 is 0 Å². The number of guanidine groups is 1. The molecule has 138 valence electrons. The van der Waals surface area contributed by atoms with Crippen LogP contribution in [0.2, 0.25) is 0 Å². The zero-order chi connectivity index (χ0) is 18.5. The van der Waals surface area contributed by atoms with Gasteiger partial charge in [0.1, 0.15) is 6.10 Å². The Morgan fingerprint density at radius 1 is 1.50 bits per heavy atom. The number of aliphatic imine (C=N–C) groups is 1. The van der Waals surface area contributed by atoms with E-state index in [-0.39, 0.29) is 6.10 Å². The highest BCUT2D eigenvalue weighted by Crippen LogP contribution is 2.21. The number of aromatic nitrogens is 2. The standard InChI is InChI=1S/C18H24N6O2/c1-20-18(21-9-13-4-3-5-14(8-13)17(19)25)24-6-7-26-16(12-24)15-10-22-23(2)11-15/h3-5,8,10-11,16H,6-7,9,12H2,1-2H3,(H2,19,25)(H,20,21). The molecule has 8 nitrogen and oxygen atoms in total. The molecule has 1 aliphatic heterocycles. The van der Waals surface area contributed by atoms with E-state index in [1.807, 2.05) is 31.6 Å². The number of hydrogen-bond acceptors (Lipinski definition) is 4. The monoisotopic (exact) mass is 356 g/mol. The molecule has 0 bridgehead atoms. The molecule has 1 amide bonds. The van der Waals surface area contributed by atoms with Gasteiger partial charge < -0.3 is 20.7 Å². The predicted octanol–water partition coefficient (Wildman–Crippen LogP) is 0.668. The number of aryl methyl sites for hydroxylation is 1. The molecule has 8 heteroatoms. The Morgan fingerprint density at radius 3 is 3.04 bits per heavy atom. The first-order valence-corrected chi connectivity index (χ1v) is 8.51. The summed E-state index contributed by atoms with van der Waals surface area (Å²) in [6, 6.07) is 7.28. The quantitative estimate of drug-likeness (QED) is 0.620. The number of nitrogens with two attached hydrogens (primary N) is 1. The highest BCUT2D eigenvalue weighted by atomic mass is 16.5. The number of amides is 1. The largest absolute Gasteiger partial charge is 0.370 e. The van der Waals surface area contributed by atoms with Gasteiger partial charge in [-0.3, -0.25) is 14.5 Å². The Hall–Kier alpha value is -2.87. The number of nitrogens with one attached hydrogen (secondary N) is 1. The fourth-order valence-corrected chi connectivity index (χ4v) is 3.00. The van der Waals surface area contributed by atoms with Crippen molar-refractivity contribution < 1.29 is 9.53 Å². The van der Waals surface area contributed by atoms with E-state index in [1.54, 1.807) is 23.9 Å². The van der Waals surface area contributed by atoms with E-state index in [4.69, 9.17) is 10.5 Å². The highest BCUT2D eigenvalue weighted by molar-refractivity contribution is 5.92. The van der Waals surface area contributed by atoms with Gasteiger partial charge in [0.2, 0.25) is 5.91 Å². The lowest BCUT2D eigenvalue weighted by Gasteiger charge is -2.34. The van der Waals surface area contributed by atoms with Crippen LogP contribution >= 0.6 is 0 Å². The number of benzene rings is 1. The zero-order valence-corrected chi connectivity index (χ0v) is 15.1. The fourth-order valence-electron chi connectivity index (χ4n) is 3.00. The van der Waals surface area contributed by atoms with E-state index in [1.165, 1.54) is 0 Å². The van der Waals surface area contributed by atoms with Crippen LogP contribution in [0.4, 0.5) is 0 Å². The number of hydrogen-bond donors (Lipinski definition) is 2. The number of rotatable bonds is 4. The molecule has 1 fully saturated rings. The average molecular weight is 356 g/mol. The molecular weight excluding hydrogens is 332 g/mol. The van der Waals surface area contributed by atoms with Crippen molar-refractivity contribution in [2.45, 2.75) is 12.6 Å². The van der Waals surface area contributed by atoms with Crippen LogP contribution in [0.5, 0.6) is 0 Å². The molecule has 3 rings (SSSR count). The molecule has 1 unspecified atom stereocenters. The second-order valence-electron chi connectivity index (χ2n) is 6.22. The lowest BCUT2D eigenvalue weighted by atomic mass is 10.1. The zero-order valence-electron chi connectivity index (χ0n) is 15.1. The Morgan fingerprint density at radius 2 is 2.35 bits per heavy atom. The molecule has 26 heavy (non-hydrogen) atoms. The van der Waals surface area contributed by atoms with Gasteiger partial charge in [0.25, 0.3) is 0 Å². The van der Waals surface area contributed by atoms with Gasteiger partial charge in [-0.1, -0.05) is 12.1 Å². The molecule has 1 aliphatic rings. The van der Waals surface area contributed by atoms with Gasteiger partial charge in [-0.05, 0) is 17.7 Å². The van der Waals surface area contributed by atoms with Crippen molar-refractivity contribution in [1.82, 2.24) is 20.0 Å². The molecule has 1 saturated heterocycles. The Balaban J connectivity index is 1.63. The van der Waals surface area contributed by atoms with Crippen molar-refractivity contribution in [3.8, 4) is 0 Å². The number of carbonyl (C=O) groups is 1. The van der Waals surface area contributed by atoms with Crippen LogP contribution in [-0.2, 0) is 18.3 Å². The summed E-state index contributed by atoms with van der Waals surface area (Å²) in [4.78, 5) is 17.9. The van der Waals surface area contributed by atoms with Crippen LogP contribution in [0, 0.1) is 0 Å². The van der Waals surface area contributed by atoms with Crippen LogP contribution in [0.25, 0.3) is 0 Å². The number of carbonyl (C=O) groups excluding carboxylic acids is 1. The molecule has 0 spiro atoms. The van der Waals surface area contributed by atoms with E-state index in [2.05, 4.69) is 20.3 Å². The van der Waals surface area contributed by atoms with Gasteiger partial charge in [-0.25, -0.2) is 0 Å². The summed E-state index contributed by atoms with van der Waals surface area (Å²) >= 11 is 0. The topological polar surface area (TPSA) is 97.8 Å². The van der Waals surface area contributed by atoms with Crippen LogP contribution < -0.4 is 11.1 Å². The van der Waals surface area contributed by atoms with E-state index < -0.39 is 5.91 Å². The van der Waals surface area contributed by atoms with Crippen LogP contribution in [0.15, 0.2) is 41.7 Å². The maximum atomic E-state index is 11.3. The maximum Gasteiger partial charge on any atom is 0.248 e. The molecular formula is C18H24N6O2.